The van der Waals surface area contributed by atoms with Crippen LogP contribution >= 0.6 is 0 Å². The third-order valence-electron chi connectivity index (χ3n) is 2.24. The third-order valence-corrected chi connectivity index (χ3v) is 2.24. The van der Waals surface area contributed by atoms with Crippen molar-refractivity contribution in [2.75, 3.05) is 13.7 Å². The number of pyridine rings is 1. The lowest BCUT2D eigenvalue weighted by atomic mass is 10.2. The number of rotatable bonds is 5. The van der Waals surface area contributed by atoms with Gasteiger partial charge in [0.05, 0.1) is 13.7 Å². The minimum absolute atomic E-state index is 0.517. The van der Waals surface area contributed by atoms with Gasteiger partial charge in [-0.15, -0.1) is 0 Å². The summed E-state index contributed by atoms with van der Waals surface area (Å²) in [5.41, 5.74) is 3.56. The highest BCUT2D eigenvalue weighted by Gasteiger charge is 1.99. The Balaban J connectivity index is 2.58. The molecular formula is C12H21N5O. The zero-order valence-corrected chi connectivity index (χ0v) is 11.1. The van der Waals surface area contributed by atoms with Crippen molar-refractivity contribution in [2.45, 2.75) is 20.4 Å². The number of nitrogens with two attached hydrogens (primary N) is 1. The fourth-order valence-corrected chi connectivity index (χ4v) is 1.28. The van der Waals surface area contributed by atoms with E-state index >= 15 is 0 Å². The average molecular weight is 251 g/mol. The van der Waals surface area contributed by atoms with Crippen LogP contribution in [0.1, 0.15) is 19.4 Å². The number of ether oxygens (including phenoxy) is 1. The number of aromatic nitrogens is 1. The molecule has 0 spiro atoms. The van der Waals surface area contributed by atoms with Crippen molar-refractivity contribution in [3.05, 3.63) is 23.9 Å². The van der Waals surface area contributed by atoms with Crippen molar-refractivity contribution in [2.24, 2.45) is 16.8 Å². The number of nitrogens with one attached hydrogen (secondary N) is 2. The highest BCUT2D eigenvalue weighted by atomic mass is 16.5. The van der Waals surface area contributed by atoms with Crippen LogP contribution in [0.3, 0.4) is 0 Å². The van der Waals surface area contributed by atoms with Gasteiger partial charge < -0.3 is 10.1 Å². The van der Waals surface area contributed by atoms with E-state index in [1.165, 1.54) is 0 Å². The van der Waals surface area contributed by atoms with E-state index < -0.39 is 0 Å². The molecular weight excluding hydrogens is 230 g/mol. The molecule has 1 aromatic heterocycles. The summed E-state index contributed by atoms with van der Waals surface area (Å²) < 4.78 is 5.05. The molecule has 0 atom stereocenters. The molecule has 18 heavy (non-hydrogen) atoms. The van der Waals surface area contributed by atoms with Gasteiger partial charge in [0, 0.05) is 18.8 Å². The molecule has 6 nitrogen and oxygen atoms in total. The van der Waals surface area contributed by atoms with Crippen molar-refractivity contribution < 1.29 is 4.74 Å². The third kappa shape index (κ3) is 5.01. The quantitative estimate of drug-likeness (QED) is 0.310. The number of guanidine groups is 1. The lowest BCUT2D eigenvalue weighted by Crippen LogP contribution is -2.42. The smallest absolute Gasteiger partial charge is 0.213 e. The summed E-state index contributed by atoms with van der Waals surface area (Å²) in [5.74, 6) is 7.10. The van der Waals surface area contributed by atoms with E-state index in [0.29, 0.717) is 24.3 Å². The molecule has 0 unspecified atom stereocenters. The summed E-state index contributed by atoms with van der Waals surface area (Å²) in [5, 5.41) is 3.13. The summed E-state index contributed by atoms with van der Waals surface area (Å²) in [4.78, 5) is 8.38. The molecule has 0 aliphatic rings. The van der Waals surface area contributed by atoms with E-state index in [0.717, 1.165) is 12.1 Å². The summed E-state index contributed by atoms with van der Waals surface area (Å²) in [6.07, 6.45) is 1.70. The maximum atomic E-state index is 5.40. The van der Waals surface area contributed by atoms with Gasteiger partial charge in [-0.25, -0.2) is 15.8 Å². The molecule has 1 rings (SSSR count). The molecule has 4 N–H and O–H groups in total. The Labute approximate surface area is 108 Å². The average Bonchev–Trinajstić information content (AvgIpc) is 2.39. The molecule has 1 heterocycles. The van der Waals surface area contributed by atoms with Crippen LogP contribution < -0.4 is 21.3 Å². The largest absolute Gasteiger partial charge is 0.481 e. The van der Waals surface area contributed by atoms with Crippen molar-refractivity contribution in [1.82, 2.24) is 15.7 Å². The molecule has 0 aliphatic carbocycles. The predicted molar refractivity (Wildman–Crippen MR) is 72.1 cm³/mol. The first-order valence-electron chi connectivity index (χ1n) is 5.89. The molecule has 0 bridgehead atoms. The minimum atomic E-state index is 0.517. The van der Waals surface area contributed by atoms with Gasteiger partial charge >= 0.3 is 0 Å². The van der Waals surface area contributed by atoms with Gasteiger partial charge in [0.1, 0.15) is 0 Å². The summed E-state index contributed by atoms with van der Waals surface area (Å²) >= 11 is 0. The molecule has 100 valence electrons. The van der Waals surface area contributed by atoms with E-state index in [1.807, 2.05) is 12.1 Å². The van der Waals surface area contributed by atoms with E-state index in [9.17, 15) is 0 Å². The van der Waals surface area contributed by atoms with Crippen LogP contribution in [0, 0.1) is 5.92 Å². The number of aliphatic imine (C=N–C) groups is 1. The van der Waals surface area contributed by atoms with Gasteiger partial charge in [-0.1, -0.05) is 13.8 Å². The number of hydrogen-bond acceptors (Lipinski definition) is 4. The van der Waals surface area contributed by atoms with E-state index in [-0.39, 0.29) is 0 Å². The maximum absolute atomic E-state index is 5.40. The topological polar surface area (TPSA) is 84.6 Å². The number of hydrazine groups is 1. The molecule has 0 saturated carbocycles. The molecule has 0 radical (unpaired) electrons. The van der Waals surface area contributed by atoms with Gasteiger partial charge in [-0.3, -0.25) is 5.43 Å². The summed E-state index contributed by atoms with van der Waals surface area (Å²) in [7, 11) is 1.59. The van der Waals surface area contributed by atoms with Crippen molar-refractivity contribution in [3.63, 3.8) is 0 Å². The zero-order valence-electron chi connectivity index (χ0n) is 11.1. The molecule has 0 aliphatic heterocycles. The number of nitrogens with zero attached hydrogens (tertiary/aromatic N) is 2. The zero-order chi connectivity index (χ0) is 13.4. The Kier molecular flexibility index (Phi) is 5.93. The van der Waals surface area contributed by atoms with Crippen LogP contribution in [-0.2, 0) is 6.54 Å². The first kappa shape index (κ1) is 14.2. The Morgan fingerprint density at radius 2 is 2.33 bits per heavy atom. The monoisotopic (exact) mass is 251 g/mol. The molecule has 0 saturated heterocycles. The van der Waals surface area contributed by atoms with Gasteiger partial charge in [-0.2, -0.15) is 0 Å². The molecule has 0 amide bonds. The highest BCUT2D eigenvalue weighted by molar-refractivity contribution is 5.79. The minimum Gasteiger partial charge on any atom is -0.481 e. The van der Waals surface area contributed by atoms with E-state index in [2.05, 4.69) is 34.6 Å². The van der Waals surface area contributed by atoms with Crippen molar-refractivity contribution in [1.29, 1.82) is 0 Å². The van der Waals surface area contributed by atoms with Crippen molar-refractivity contribution >= 4 is 5.96 Å². The van der Waals surface area contributed by atoms with E-state index in [1.54, 1.807) is 13.3 Å². The lowest BCUT2D eigenvalue weighted by Gasteiger charge is -2.11. The normalized spacial score (nSPS) is 11.5. The summed E-state index contributed by atoms with van der Waals surface area (Å²) in [6, 6.07) is 3.74. The Morgan fingerprint density at radius 1 is 1.56 bits per heavy atom. The molecule has 0 aromatic carbocycles. The Hall–Kier alpha value is -1.82. The van der Waals surface area contributed by atoms with Crippen LogP contribution in [0.15, 0.2) is 23.3 Å². The van der Waals surface area contributed by atoms with Crippen LogP contribution in [0.25, 0.3) is 0 Å². The predicted octanol–water partition coefficient (Wildman–Crippen LogP) is 0.655. The Morgan fingerprint density at radius 3 is 2.94 bits per heavy atom. The highest BCUT2D eigenvalue weighted by Crippen LogP contribution is 2.09. The van der Waals surface area contributed by atoms with Crippen LogP contribution in [0.4, 0.5) is 0 Å². The second-order valence-electron chi connectivity index (χ2n) is 4.29. The van der Waals surface area contributed by atoms with Gasteiger partial charge in [0.25, 0.3) is 0 Å². The first-order valence-corrected chi connectivity index (χ1v) is 5.89. The first-order chi connectivity index (χ1) is 8.65. The maximum Gasteiger partial charge on any atom is 0.213 e. The van der Waals surface area contributed by atoms with Crippen LogP contribution in [0.5, 0.6) is 5.88 Å². The fraction of sp³-hybridized carbons (Fsp3) is 0.500. The molecule has 0 fully saturated rings. The van der Waals surface area contributed by atoms with Gasteiger partial charge in [0.2, 0.25) is 11.8 Å². The van der Waals surface area contributed by atoms with Crippen LogP contribution in [-0.4, -0.2) is 24.6 Å². The molecule has 6 heteroatoms. The second kappa shape index (κ2) is 7.50. The Bertz CT molecular complexity index is 392. The molecule has 1 aromatic rings. The fourth-order valence-electron chi connectivity index (χ4n) is 1.28. The van der Waals surface area contributed by atoms with Gasteiger partial charge in [0.15, 0.2) is 0 Å². The second-order valence-corrected chi connectivity index (χ2v) is 4.29. The van der Waals surface area contributed by atoms with Crippen LogP contribution in [0.2, 0.25) is 0 Å². The lowest BCUT2D eigenvalue weighted by molar-refractivity contribution is 0.397. The number of hydrogen-bond donors (Lipinski definition) is 3. The standard InChI is InChI=1S/C12H21N5O/c1-9(2)7-15-12(17-13)16-8-10-4-5-14-11(6-10)18-3/h4-6,9H,7-8,13H2,1-3H3,(H2,15,16,17). The number of methoxy groups -OCH3 is 1. The van der Waals surface area contributed by atoms with Gasteiger partial charge in [-0.05, 0) is 17.5 Å². The SMILES string of the molecule is COc1cc(CN=C(NN)NCC(C)C)ccn1. The summed E-state index contributed by atoms with van der Waals surface area (Å²) in [6.45, 7) is 5.58. The van der Waals surface area contributed by atoms with Crippen molar-refractivity contribution in [3.8, 4) is 5.88 Å². The van der Waals surface area contributed by atoms with E-state index in [4.69, 9.17) is 10.6 Å².